The third-order valence-corrected chi connectivity index (χ3v) is 4.44. The van der Waals surface area contributed by atoms with Crippen molar-refractivity contribution in [2.45, 2.75) is 31.0 Å². The van der Waals surface area contributed by atoms with Gasteiger partial charge in [0.05, 0.1) is 16.3 Å². The summed E-state index contributed by atoms with van der Waals surface area (Å²) in [6, 6.07) is 4.37. The van der Waals surface area contributed by atoms with Crippen molar-refractivity contribution in [1.82, 2.24) is 0 Å². The van der Waals surface area contributed by atoms with Gasteiger partial charge in [-0.2, -0.15) is 18.3 Å². The van der Waals surface area contributed by atoms with Gasteiger partial charge in [0.2, 0.25) is 0 Å². The molecule has 28 heavy (non-hydrogen) atoms. The largest absolute Gasteiger partial charge is 0.431 e. The van der Waals surface area contributed by atoms with Crippen LogP contribution in [0.3, 0.4) is 0 Å². The van der Waals surface area contributed by atoms with Gasteiger partial charge in [-0.1, -0.05) is 17.7 Å². The van der Waals surface area contributed by atoms with Crippen LogP contribution in [0.1, 0.15) is 24.8 Å². The number of hydrogen-bond acceptors (Lipinski definition) is 5. The van der Waals surface area contributed by atoms with Gasteiger partial charge in [-0.3, -0.25) is 9.98 Å². The van der Waals surface area contributed by atoms with Crippen molar-refractivity contribution in [3.05, 3.63) is 46.4 Å². The number of halogens is 5. The molecule has 1 aromatic rings. The third-order valence-electron chi connectivity index (χ3n) is 4.15. The molecule has 0 bridgehead atoms. The van der Waals surface area contributed by atoms with Crippen molar-refractivity contribution in [3.8, 4) is 0 Å². The number of allylic oxidation sites excluding steroid dienone is 1. The molecule has 0 saturated heterocycles. The number of hydrogen-bond donors (Lipinski definition) is 1. The molecule has 3 rings (SSSR count). The Morgan fingerprint density at radius 2 is 1.96 bits per heavy atom. The molecule has 5 nitrogen and oxygen atoms in total. The lowest BCUT2D eigenvalue weighted by molar-refractivity contribution is -0.0596. The van der Waals surface area contributed by atoms with Crippen molar-refractivity contribution >= 4 is 36.0 Å². The van der Waals surface area contributed by atoms with Crippen LogP contribution in [-0.2, 0) is 5.54 Å². The second-order valence-corrected chi connectivity index (χ2v) is 6.36. The molecule has 1 heterocycles. The lowest BCUT2D eigenvalue weighted by atomic mass is 10.0. The average Bonchev–Trinajstić information content (AvgIpc) is 3.27. The Balaban J connectivity index is 0.00000136. The summed E-state index contributed by atoms with van der Waals surface area (Å²) in [4.78, 5) is 8.08. The minimum atomic E-state index is -4.53. The first-order chi connectivity index (χ1) is 13.2. The van der Waals surface area contributed by atoms with Crippen LogP contribution in [0, 0.1) is 5.82 Å². The minimum Gasteiger partial charge on any atom is -0.333 e. The summed E-state index contributed by atoms with van der Waals surface area (Å²) in [7, 11) is 1.50. The molecule has 1 saturated carbocycles. The van der Waals surface area contributed by atoms with E-state index in [-0.39, 0.29) is 10.7 Å². The van der Waals surface area contributed by atoms with Crippen LogP contribution in [0.25, 0.3) is 0 Å². The van der Waals surface area contributed by atoms with Crippen LogP contribution in [0.5, 0.6) is 0 Å². The maximum atomic E-state index is 13.3. The number of aliphatic imine (C=N–C) groups is 2. The summed E-state index contributed by atoms with van der Waals surface area (Å²) in [6.07, 6.45) is -0.852. The molecule has 0 aromatic heterocycles. The molecule has 1 fully saturated rings. The average molecular weight is 416 g/mol. The summed E-state index contributed by atoms with van der Waals surface area (Å²) in [5.74, 6) is -0.524. The highest BCUT2D eigenvalue weighted by Gasteiger charge is 2.44. The predicted molar refractivity (Wildman–Crippen MR) is 104 cm³/mol. The Morgan fingerprint density at radius 1 is 1.29 bits per heavy atom. The number of benzene rings is 1. The second kappa shape index (κ2) is 8.74. The molecule has 0 amide bonds. The molecule has 2 N–H and O–H groups in total. The molecule has 0 radical (unpaired) electrons. The molecule has 0 spiro atoms. The summed E-state index contributed by atoms with van der Waals surface area (Å²) in [6.45, 7) is 3.32. The molecular formula is C18H18ClF4N5. The first kappa shape index (κ1) is 21.9. The summed E-state index contributed by atoms with van der Waals surface area (Å²) in [5.41, 5.74) is 4.11. The van der Waals surface area contributed by atoms with Gasteiger partial charge in [0.1, 0.15) is 11.5 Å². The Bertz CT molecular complexity index is 867. The Morgan fingerprint density at radius 3 is 2.46 bits per heavy atom. The highest BCUT2D eigenvalue weighted by Crippen LogP contribution is 2.50. The van der Waals surface area contributed by atoms with E-state index in [1.54, 1.807) is 6.07 Å². The van der Waals surface area contributed by atoms with E-state index >= 15 is 0 Å². The topological polar surface area (TPSA) is 75.5 Å². The fourth-order valence-electron chi connectivity index (χ4n) is 2.54. The standard InChI is InChI=1S/C17H13ClF4N4.CH5N/c1-23-8-10(14-7-15(26-25-14)17(20,21)22)9-24-16(4-5-16)11-2-3-13(19)12(18)6-11;1-2/h2-3,6,8-9H,1,4-5,7H2;2H2,1H3/b10-8+,24-9?;. The lowest BCUT2D eigenvalue weighted by Gasteiger charge is -2.11. The van der Waals surface area contributed by atoms with Crippen LogP contribution in [-0.4, -0.2) is 37.6 Å². The summed E-state index contributed by atoms with van der Waals surface area (Å²) < 4.78 is 51.5. The Labute approximate surface area is 164 Å². The van der Waals surface area contributed by atoms with Crippen molar-refractivity contribution in [2.75, 3.05) is 7.05 Å². The van der Waals surface area contributed by atoms with Gasteiger partial charge >= 0.3 is 6.18 Å². The van der Waals surface area contributed by atoms with E-state index in [4.69, 9.17) is 11.6 Å². The predicted octanol–water partition coefficient (Wildman–Crippen LogP) is 4.46. The van der Waals surface area contributed by atoms with Crippen LogP contribution in [0.4, 0.5) is 17.6 Å². The van der Waals surface area contributed by atoms with Crippen LogP contribution in [0.2, 0.25) is 5.02 Å². The molecule has 1 aromatic carbocycles. The normalized spacial score (nSPS) is 18.3. The zero-order valence-corrected chi connectivity index (χ0v) is 15.7. The van der Waals surface area contributed by atoms with E-state index in [9.17, 15) is 17.6 Å². The van der Waals surface area contributed by atoms with Gasteiger partial charge in [-0.05, 0) is 44.3 Å². The zero-order valence-electron chi connectivity index (χ0n) is 15.0. The van der Waals surface area contributed by atoms with Crippen molar-refractivity contribution in [1.29, 1.82) is 0 Å². The number of nitrogens with two attached hydrogens (primary N) is 1. The first-order valence-corrected chi connectivity index (χ1v) is 8.58. The van der Waals surface area contributed by atoms with Crippen LogP contribution in [0.15, 0.2) is 50.2 Å². The summed E-state index contributed by atoms with van der Waals surface area (Å²) in [5, 5.41) is 6.77. The number of rotatable bonds is 5. The van der Waals surface area contributed by atoms with E-state index in [1.807, 2.05) is 0 Å². The van der Waals surface area contributed by atoms with Gasteiger partial charge in [0.25, 0.3) is 0 Å². The molecule has 10 heteroatoms. The fourth-order valence-corrected chi connectivity index (χ4v) is 2.72. The van der Waals surface area contributed by atoms with Gasteiger partial charge in [-0.15, -0.1) is 5.10 Å². The van der Waals surface area contributed by atoms with E-state index in [1.165, 1.54) is 31.6 Å². The number of alkyl halides is 3. The monoisotopic (exact) mass is 415 g/mol. The molecule has 1 aliphatic heterocycles. The lowest BCUT2D eigenvalue weighted by Crippen LogP contribution is -2.23. The molecule has 150 valence electrons. The Kier molecular flexibility index (Phi) is 6.84. The fraction of sp³-hybridized carbons (Fsp3) is 0.333. The van der Waals surface area contributed by atoms with Crippen LogP contribution < -0.4 is 5.73 Å². The van der Waals surface area contributed by atoms with Crippen LogP contribution >= 0.6 is 11.6 Å². The quantitative estimate of drug-likeness (QED) is 0.559. The zero-order chi connectivity index (χ0) is 20.9. The molecule has 0 unspecified atom stereocenters. The first-order valence-electron chi connectivity index (χ1n) is 8.21. The maximum absolute atomic E-state index is 13.3. The molecule has 1 aliphatic carbocycles. The van der Waals surface area contributed by atoms with Gasteiger partial charge < -0.3 is 5.73 Å². The summed E-state index contributed by atoms with van der Waals surface area (Å²) >= 11 is 5.82. The smallest absolute Gasteiger partial charge is 0.333 e. The Hall–Kier alpha value is -2.39. The van der Waals surface area contributed by atoms with Gasteiger partial charge in [-0.25, -0.2) is 4.39 Å². The molecular weight excluding hydrogens is 398 g/mol. The third kappa shape index (κ3) is 4.90. The highest BCUT2D eigenvalue weighted by molar-refractivity contribution is 6.30. The van der Waals surface area contributed by atoms with Crippen molar-refractivity contribution < 1.29 is 17.6 Å². The SMILES string of the molecule is C=N/C=C(\C=NC1(c2ccc(F)c(Cl)c2)CC1)C1=NN=C(C(F)(F)F)C1.CN. The van der Waals surface area contributed by atoms with E-state index in [2.05, 4.69) is 32.6 Å². The van der Waals surface area contributed by atoms with E-state index < -0.39 is 29.7 Å². The van der Waals surface area contributed by atoms with E-state index in [0.717, 1.165) is 18.4 Å². The van der Waals surface area contributed by atoms with Gasteiger partial charge in [0, 0.05) is 24.4 Å². The van der Waals surface area contributed by atoms with Gasteiger partial charge in [0.15, 0.2) is 0 Å². The minimum absolute atomic E-state index is 0.00381. The van der Waals surface area contributed by atoms with Crippen molar-refractivity contribution in [2.24, 2.45) is 25.9 Å². The molecule has 2 aliphatic rings. The molecule has 0 atom stereocenters. The van der Waals surface area contributed by atoms with E-state index in [0.29, 0.717) is 5.57 Å². The number of nitrogens with zero attached hydrogens (tertiary/aromatic N) is 4. The maximum Gasteiger partial charge on any atom is 0.431 e. The van der Waals surface area contributed by atoms with Crippen molar-refractivity contribution in [3.63, 3.8) is 0 Å². The highest BCUT2D eigenvalue weighted by atomic mass is 35.5. The second-order valence-electron chi connectivity index (χ2n) is 5.95.